The highest BCUT2D eigenvalue weighted by Gasteiger charge is 1.97. The van der Waals surface area contributed by atoms with Gasteiger partial charge in [-0.05, 0) is 72.5 Å². The van der Waals surface area contributed by atoms with Gasteiger partial charge in [-0.25, -0.2) is 9.59 Å². The Morgan fingerprint density at radius 2 is 0.844 bits per heavy atom. The molecule has 0 radical (unpaired) electrons. The van der Waals surface area contributed by atoms with Crippen molar-refractivity contribution in [3.05, 3.63) is 132 Å². The standard InChI is InChI=1S/C12H12N2.2C7H6O2/c1(11-3-7-13-8-4-11)2-12-5-9-14-10-6-12;2*8-7(9)6-4-2-1-3-5-6/h3-10H,1-2H2;2*1-5H,(H,8,9). The van der Waals surface area contributed by atoms with E-state index in [-0.39, 0.29) is 0 Å². The van der Waals surface area contributed by atoms with E-state index >= 15 is 0 Å². The van der Waals surface area contributed by atoms with Crippen LogP contribution in [-0.4, -0.2) is 32.1 Å². The molecule has 0 bridgehead atoms. The van der Waals surface area contributed by atoms with Gasteiger partial charge in [0.25, 0.3) is 0 Å². The van der Waals surface area contributed by atoms with E-state index in [1.165, 1.54) is 11.1 Å². The molecule has 0 aliphatic rings. The SMILES string of the molecule is O=C(O)c1ccccc1.O=C(O)c1ccccc1.c1cc(CCc2ccncc2)ccn1. The van der Waals surface area contributed by atoms with Crippen LogP contribution in [0.1, 0.15) is 31.8 Å². The van der Waals surface area contributed by atoms with Gasteiger partial charge in [-0.1, -0.05) is 36.4 Å². The number of hydrogen-bond acceptors (Lipinski definition) is 4. The molecule has 2 aromatic carbocycles. The number of carbonyl (C=O) groups is 2. The molecule has 2 heterocycles. The number of carboxylic acid groups (broad SMARTS) is 2. The van der Waals surface area contributed by atoms with Crippen molar-refractivity contribution < 1.29 is 19.8 Å². The molecule has 4 aromatic rings. The summed E-state index contributed by atoms with van der Waals surface area (Å²) < 4.78 is 0. The van der Waals surface area contributed by atoms with Crippen molar-refractivity contribution in [1.29, 1.82) is 0 Å². The van der Waals surface area contributed by atoms with Crippen molar-refractivity contribution >= 4 is 11.9 Å². The van der Waals surface area contributed by atoms with Crippen molar-refractivity contribution in [2.75, 3.05) is 0 Å². The number of aromatic nitrogens is 2. The van der Waals surface area contributed by atoms with E-state index in [4.69, 9.17) is 10.2 Å². The van der Waals surface area contributed by atoms with Crippen molar-refractivity contribution in [2.24, 2.45) is 0 Å². The molecule has 0 amide bonds. The first-order valence-corrected chi connectivity index (χ1v) is 9.90. The quantitative estimate of drug-likeness (QED) is 0.462. The van der Waals surface area contributed by atoms with E-state index in [0.29, 0.717) is 11.1 Å². The number of nitrogens with zero attached hydrogens (tertiary/aromatic N) is 2. The predicted molar refractivity (Wildman–Crippen MR) is 123 cm³/mol. The van der Waals surface area contributed by atoms with E-state index in [1.54, 1.807) is 60.7 Å². The first kappa shape index (κ1) is 24.0. The van der Waals surface area contributed by atoms with Crippen LogP contribution in [0.2, 0.25) is 0 Å². The Balaban J connectivity index is 0.000000178. The lowest BCUT2D eigenvalue weighted by atomic mass is 10.1. The molecule has 2 N–H and O–H groups in total. The first-order valence-electron chi connectivity index (χ1n) is 9.90. The van der Waals surface area contributed by atoms with Gasteiger partial charge in [0, 0.05) is 24.8 Å². The van der Waals surface area contributed by atoms with Gasteiger partial charge in [0.05, 0.1) is 11.1 Å². The molecule has 0 fully saturated rings. The fraction of sp³-hybridized carbons (Fsp3) is 0.0769. The van der Waals surface area contributed by atoms with Gasteiger partial charge in [-0.3, -0.25) is 9.97 Å². The molecule has 0 saturated heterocycles. The van der Waals surface area contributed by atoms with Gasteiger partial charge in [0.1, 0.15) is 0 Å². The van der Waals surface area contributed by atoms with Crippen LogP contribution in [0, 0.1) is 0 Å². The molecular weight excluding hydrogens is 404 g/mol. The number of pyridine rings is 2. The Morgan fingerprint density at radius 1 is 0.531 bits per heavy atom. The Kier molecular flexibility index (Phi) is 10.3. The molecule has 32 heavy (non-hydrogen) atoms. The van der Waals surface area contributed by atoms with Crippen LogP contribution >= 0.6 is 0 Å². The summed E-state index contributed by atoms with van der Waals surface area (Å²) in [6, 6.07) is 24.8. The normalized spacial score (nSPS) is 9.38. The maximum atomic E-state index is 10.2. The summed E-state index contributed by atoms with van der Waals surface area (Å²) in [6.07, 6.45) is 9.46. The first-order chi connectivity index (χ1) is 15.6. The van der Waals surface area contributed by atoms with E-state index in [0.717, 1.165) is 12.8 Å². The summed E-state index contributed by atoms with van der Waals surface area (Å²) in [5.41, 5.74) is 3.32. The monoisotopic (exact) mass is 428 g/mol. The lowest BCUT2D eigenvalue weighted by Gasteiger charge is -2.00. The molecule has 0 aliphatic heterocycles. The minimum atomic E-state index is -0.879. The second-order valence-electron chi connectivity index (χ2n) is 6.55. The van der Waals surface area contributed by atoms with E-state index in [1.807, 2.05) is 24.8 Å². The third-order valence-corrected chi connectivity index (χ3v) is 4.24. The summed E-state index contributed by atoms with van der Waals surface area (Å²) >= 11 is 0. The molecule has 4 rings (SSSR count). The minimum absolute atomic E-state index is 0.331. The Labute approximate surface area is 186 Å². The summed E-state index contributed by atoms with van der Waals surface area (Å²) in [5.74, 6) is -1.76. The van der Waals surface area contributed by atoms with Crippen molar-refractivity contribution in [1.82, 2.24) is 9.97 Å². The zero-order valence-electron chi connectivity index (χ0n) is 17.4. The number of aryl methyl sites for hydroxylation is 2. The lowest BCUT2D eigenvalue weighted by molar-refractivity contribution is 0.0686. The smallest absolute Gasteiger partial charge is 0.335 e. The highest BCUT2D eigenvalue weighted by Crippen LogP contribution is 2.04. The van der Waals surface area contributed by atoms with Gasteiger partial charge < -0.3 is 10.2 Å². The molecule has 0 aliphatic carbocycles. The maximum Gasteiger partial charge on any atom is 0.335 e. The van der Waals surface area contributed by atoms with E-state index in [2.05, 4.69) is 34.2 Å². The number of aromatic carboxylic acids is 2. The fourth-order valence-corrected chi connectivity index (χ4v) is 2.55. The largest absolute Gasteiger partial charge is 0.478 e. The average Bonchev–Trinajstić information content (AvgIpc) is 2.86. The van der Waals surface area contributed by atoms with E-state index in [9.17, 15) is 9.59 Å². The molecule has 6 heteroatoms. The number of rotatable bonds is 5. The number of hydrogen-bond donors (Lipinski definition) is 2. The Hall–Kier alpha value is -4.32. The molecule has 6 nitrogen and oxygen atoms in total. The van der Waals surface area contributed by atoms with Crippen LogP contribution in [0.3, 0.4) is 0 Å². The second kappa shape index (κ2) is 13.8. The number of carboxylic acids is 2. The van der Waals surface area contributed by atoms with Crippen LogP contribution in [-0.2, 0) is 12.8 Å². The average molecular weight is 428 g/mol. The second-order valence-corrected chi connectivity index (χ2v) is 6.55. The van der Waals surface area contributed by atoms with Crippen LogP contribution in [0.25, 0.3) is 0 Å². The van der Waals surface area contributed by atoms with Crippen molar-refractivity contribution in [3.8, 4) is 0 Å². The summed E-state index contributed by atoms with van der Waals surface area (Å²) in [4.78, 5) is 28.4. The van der Waals surface area contributed by atoms with Crippen LogP contribution < -0.4 is 0 Å². The molecule has 162 valence electrons. The van der Waals surface area contributed by atoms with Crippen LogP contribution in [0.4, 0.5) is 0 Å². The third-order valence-electron chi connectivity index (χ3n) is 4.24. The third kappa shape index (κ3) is 9.45. The van der Waals surface area contributed by atoms with Gasteiger partial charge in [0.15, 0.2) is 0 Å². The molecule has 0 atom stereocenters. The highest BCUT2D eigenvalue weighted by atomic mass is 16.4. The van der Waals surface area contributed by atoms with E-state index < -0.39 is 11.9 Å². The minimum Gasteiger partial charge on any atom is -0.478 e. The molecule has 0 saturated carbocycles. The van der Waals surface area contributed by atoms with Crippen molar-refractivity contribution in [2.45, 2.75) is 12.8 Å². The van der Waals surface area contributed by atoms with Gasteiger partial charge in [-0.15, -0.1) is 0 Å². The van der Waals surface area contributed by atoms with Crippen LogP contribution in [0.5, 0.6) is 0 Å². The molecular formula is C26H24N2O4. The zero-order valence-corrected chi connectivity index (χ0v) is 17.4. The highest BCUT2D eigenvalue weighted by molar-refractivity contribution is 5.87. The van der Waals surface area contributed by atoms with Gasteiger partial charge >= 0.3 is 11.9 Å². The topological polar surface area (TPSA) is 100 Å². The molecule has 0 unspecified atom stereocenters. The Morgan fingerprint density at radius 3 is 1.09 bits per heavy atom. The Bertz CT molecular complexity index is 969. The van der Waals surface area contributed by atoms with Gasteiger partial charge in [0.2, 0.25) is 0 Å². The van der Waals surface area contributed by atoms with Gasteiger partial charge in [-0.2, -0.15) is 0 Å². The zero-order chi connectivity index (χ0) is 23.0. The summed E-state index contributed by atoms with van der Waals surface area (Å²) in [7, 11) is 0. The fourth-order valence-electron chi connectivity index (χ4n) is 2.55. The molecule has 2 aromatic heterocycles. The maximum absolute atomic E-state index is 10.2. The summed E-state index contributed by atoms with van der Waals surface area (Å²) in [6.45, 7) is 0. The summed E-state index contributed by atoms with van der Waals surface area (Å²) in [5, 5.41) is 16.8. The van der Waals surface area contributed by atoms with Crippen LogP contribution in [0.15, 0.2) is 110 Å². The molecule has 0 spiro atoms. The number of benzene rings is 2. The van der Waals surface area contributed by atoms with Crippen molar-refractivity contribution in [3.63, 3.8) is 0 Å². The predicted octanol–water partition coefficient (Wildman–Crippen LogP) is 5.03. The lowest BCUT2D eigenvalue weighted by Crippen LogP contribution is -1.93.